The van der Waals surface area contributed by atoms with Gasteiger partial charge in [-0.05, 0) is 37.3 Å². The number of aryl methyl sites for hydroxylation is 1. The molecule has 0 saturated carbocycles. The zero-order valence-electron chi connectivity index (χ0n) is 15.1. The molecular weight excluding hydrogens is 316 g/mol. The molecule has 0 aliphatic rings. The van der Waals surface area contributed by atoms with Crippen LogP contribution in [0.25, 0.3) is 0 Å². The molecule has 0 bridgehead atoms. The molecule has 0 fully saturated rings. The van der Waals surface area contributed by atoms with Crippen molar-refractivity contribution in [2.24, 2.45) is 5.92 Å². The van der Waals surface area contributed by atoms with E-state index in [1.54, 1.807) is 6.92 Å². The van der Waals surface area contributed by atoms with Crippen molar-refractivity contribution in [3.05, 3.63) is 63.6 Å². The highest BCUT2D eigenvalue weighted by molar-refractivity contribution is 5.93. The largest absolute Gasteiger partial charge is 0.493 e. The lowest BCUT2D eigenvalue weighted by Crippen LogP contribution is -2.30. The fourth-order valence-corrected chi connectivity index (χ4v) is 2.41. The van der Waals surface area contributed by atoms with E-state index < -0.39 is 0 Å². The van der Waals surface area contributed by atoms with Gasteiger partial charge in [0.15, 0.2) is 5.43 Å². The molecular formula is C20H26N2O3. The van der Waals surface area contributed by atoms with Gasteiger partial charge >= 0.3 is 0 Å². The second kappa shape index (κ2) is 9.06. The van der Waals surface area contributed by atoms with Crippen LogP contribution in [0.2, 0.25) is 0 Å². The normalized spacial score (nSPS) is 10.7. The molecule has 1 aromatic carbocycles. The summed E-state index contributed by atoms with van der Waals surface area (Å²) >= 11 is 0. The summed E-state index contributed by atoms with van der Waals surface area (Å²) in [4.78, 5) is 26.9. The predicted molar refractivity (Wildman–Crippen MR) is 99.2 cm³/mol. The fourth-order valence-electron chi connectivity index (χ4n) is 2.41. The minimum absolute atomic E-state index is 0.132. The number of rotatable bonds is 8. The van der Waals surface area contributed by atoms with E-state index in [-0.39, 0.29) is 16.9 Å². The van der Waals surface area contributed by atoms with Crippen molar-refractivity contribution in [1.82, 2.24) is 10.3 Å². The van der Waals surface area contributed by atoms with Gasteiger partial charge in [0.2, 0.25) is 0 Å². The second-order valence-electron chi connectivity index (χ2n) is 6.54. The van der Waals surface area contributed by atoms with Crippen LogP contribution in [-0.4, -0.2) is 24.0 Å². The van der Waals surface area contributed by atoms with Crippen LogP contribution in [0, 0.1) is 12.8 Å². The molecule has 2 aromatic rings. The maximum absolute atomic E-state index is 12.1. The number of carbonyl (C=O) groups is 1. The maximum Gasteiger partial charge on any atom is 0.256 e. The first kappa shape index (κ1) is 18.8. The Hall–Kier alpha value is -2.56. The molecule has 1 heterocycles. The van der Waals surface area contributed by atoms with Gasteiger partial charge in [-0.2, -0.15) is 0 Å². The van der Waals surface area contributed by atoms with Gasteiger partial charge in [0.25, 0.3) is 5.91 Å². The minimum Gasteiger partial charge on any atom is -0.493 e. The van der Waals surface area contributed by atoms with Crippen LogP contribution in [0.1, 0.15) is 41.9 Å². The Kier molecular flexibility index (Phi) is 6.81. The van der Waals surface area contributed by atoms with Crippen LogP contribution in [0.4, 0.5) is 0 Å². The minimum atomic E-state index is -0.362. The summed E-state index contributed by atoms with van der Waals surface area (Å²) < 4.78 is 5.85. The molecule has 5 heteroatoms. The van der Waals surface area contributed by atoms with E-state index in [1.807, 2.05) is 24.3 Å². The third-order valence-electron chi connectivity index (χ3n) is 3.91. The van der Waals surface area contributed by atoms with Crippen molar-refractivity contribution in [1.29, 1.82) is 0 Å². The van der Waals surface area contributed by atoms with Gasteiger partial charge in [0, 0.05) is 24.5 Å². The standard InChI is InChI=1S/C20H26N2O3/c1-14(2)9-11-25-19-7-5-4-6-16(19)8-10-21-20(24)17-13-22-15(3)12-18(17)23/h4-7,12-14H,8-11H2,1-3H3,(H,21,24)(H,22,23). The molecule has 0 unspecified atom stereocenters. The second-order valence-corrected chi connectivity index (χ2v) is 6.54. The Morgan fingerprint density at radius 3 is 2.76 bits per heavy atom. The highest BCUT2D eigenvalue weighted by atomic mass is 16.5. The van der Waals surface area contributed by atoms with Gasteiger partial charge in [0.1, 0.15) is 11.3 Å². The molecule has 0 aliphatic carbocycles. The summed E-state index contributed by atoms with van der Waals surface area (Å²) in [5.74, 6) is 1.09. The van der Waals surface area contributed by atoms with E-state index in [1.165, 1.54) is 12.3 Å². The van der Waals surface area contributed by atoms with Crippen LogP contribution in [0.5, 0.6) is 5.75 Å². The van der Waals surface area contributed by atoms with Gasteiger partial charge in [-0.15, -0.1) is 0 Å². The molecule has 2 rings (SSSR count). The number of hydrogen-bond acceptors (Lipinski definition) is 3. The first-order chi connectivity index (χ1) is 12.0. The highest BCUT2D eigenvalue weighted by Crippen LogP contribution is 2.19. The number of nitrogens with one attached hydrogen (secondary N) is 2. The number of amides is 1. The summed E-state index contributed by atoms with van der Waals surface area (Å²) in [6.45, 7) is 7.23. The number of para-hydroxylation sites is 1. The van der Waals surface area contributed by atoms with Crippen molar-refractivity contribution in [2.75, 3.05) is 13.2 Å². The lowest BCUT2D eigenvalue weighted by atomic mass is 10.1. The highest BCUT2D eigenvalue weighted by Gasteiger charge is 2.10. The molecule has 0 spiro atoms. The first-order valence-corrected chi connectivity index (χ1v) is 8.65. The van der Waals surface area contributed by atoms with Gasteiger partial charge in [0.05, 0.1) is 6.61 Å². The molecule has 0 aliphatic heterocycles. The van der Waals surface area contributed by atoms with Crippen molar-refractivity contribution in [3.8, 4) is 5.75 Å². The Balaban J connectivity index is 1.91. The molecule has 2 N–H and O–H groups in total. The van der Waals surface area contributed by atoms with Crippen LogP contribution < -0.4 is 15.5 Å². The summed E-state index contributed by atoms with van der Waals surface area (Å²) in [7, 11) is 0. The van der Waals surface area contributed by atoms with Gasteiger partial charge in [-0.3, -0.25) is 9.59 Å². The maximum atomic E-state index is 12.1. The molecule has 0 atom stereocenters. The first-order valence-electron chi connectivity index (χ1n) is 8.65. The number of pyridine rings is 1. The smallest absolute Gasteiger partial charge is 0.256 e. The van der Waals surface area contributed by atoms with E-state index in [2.05, 4.69) is 24.1 Å². The van der Waals surface area contributed by atoms with E-state index in [9.17, 15) is 9.59 Å². The molecule has 0 radical (unpaired) electrons. The Morgan fingerprint density at radius 1 is 1.28 bits per heavy atom. The fraction of sp³-hybridized carbons (Fsp3) is 0.400. The van der Waals surface area contributed by atoms with E-state index in [0.717, 1.165) is 23.4 Å². The van der Waals surface area contributed by atoms with Crippen molar-refractivity contribution < 1.29 is 9.53 Å². The third kappa shape index (κ3) is 5.78. The Bertz CT molecular complexity index is 766. The zero-order valence-corrected chi connectivity index (χ0v) is 15.1. The quantitative estimate of drug-likeness (QED) is 0.774. The summed E-state index contributed by atoms with van der Waals surface area (Å²) in [6.07, 6.45) is 3.10. The number of hydrogen-bond donors (Lipinski definition) is 2. The molecule has 5 nitrogen and oxygen atoms in total. The molecule has 1 amide bonds. The number of benzene rings is 1. The lowest BCUT2D eigenvalue weighted by Gasteiger charge is -2.13. The summed E-state index contributed by atoms with van der Waals surface area (Å²) in [5, 5.41) is 2.79. The predicted octanol–water partition coefficient (Wildman–Crippen LogP) is 3.08. The number of aromatic amines is 1. The van der Waals surface area contributed by atoms with Gasteiger partial charge in [-0.25, -0.2) is 0 Å². The summed E-state index contributed by atoms with van der Waals surface area (Å²) in [5.41, 5.74) is 1.64. The zero-order chi connectivity index (χ0) is 18.2. The van der Waals surface area contributed by atoms with E-state index >= 15 is 0 Å². The Morgan fingerprint density at radius 2 is 2.04 bits per heavy atom. The SMILES string of the molecule is Cc1cc(=O)c(C(=O)NCCc2ccccc2OCCC(C)C)c[nH]1. The number of carbonyl (C=O) groups excluding carboxylic acids is 1. The topological polar surface area (TPSA) is 71.2 Å². The van der Waals surface area contributed by atoms with Gasteiger partial charge < -0.3 is 15.0 Å². The molecule has 1 aromatic heterocycles. The average Bonchev–Trinajstić information content (AvgIpc) is 2.55. The van der Waals surface area contributed by atoms with Crippen LogP contribution >= 0.6 is 0 Å². The van der Waals surface area contributed by atoms with E-state index in [4.69, 9.17) is 4.74 Å². The Labute approximate surface area is 148 Å². The summed E-state index contributed by atoms with van der Waals surface area (Å²) in [6, 6.07) is 9.26. The lowest BCUT2D eigenvalue weighted by molar-refractivity contribution is 0.0952. The molecule has 0 saturated heterocycles. The van der Waals surface area contributed by atoms with Crippen LogP contribution in [0.3, 0.4) is 0 Å². The number of H-pyrrole nitrogens is 1. The van der Waals surface area contributed by atoms with Gasteiger partial charge in [-0.1, -0.05) is 32.0 Å². The monoisotopic (exact) mass is 342 g/mol. The van der Waals surface area contributed by atoms with Crippen molar-refractivity contribution in [2.45, 2.75) is 33.6 Å². The van der Waals surface area contributed by atoms with Crippen LogP contribution in [-0.2, 0) is 6.42 Å². The molecule has 134 valence electrons. The molecule has 25 heavy (non-hydrogen) atoms. The van der Waals surface area contributed by atoms with E-state index in [0.29, 0.717) is 25.5 Å². The number of ether oxygens (including phenoxy) is 1. The van der Waals surface area contributed by atoms with Crippen molar-refractivity contribution in [3.63, 3.8) is 0 Å². The average molecular weight is 342 g/mol. The van der Waals surface area contributed by atoms with Crippen molar-refractivity contribution >= 4 is 5.91 Å². The van der Waals surface area contributed by atoms with Crippen LogP contribution in [0.15, 0.2) is 41.3 Å². The number of aromatic nitrogens is 1. The third-order valence-corrected chi connectivity index (χ3v) is 3.91.